The fourth-order valence-electron chi connectivity index (χ4n) is 3.49. The summed E-state index contributed by atoms with van der Waals surface area (Å²) in [4.78, 5) is 16.8. The first kappa shape index (κ1) is 18.8. The lowest BCUT2D eigenvalue weighted by atomic mass is 10.1. The number of amides is 1. The quantitative estimate of drug-likeness (QED) is 0.645. The Morgan fingerprint density at radius 1 is 0.958 bits per heavy atom. The SMILES string of the molecule is CCCCCCCCC(=O)N1CCN(c2cccc(C)c2C)CC1. The zero-order chi connectivity index (χ0) is 17.4. The second-order valence-corrected chi connectivity index (χ2v) is 7.10. The van der Waals surface area contributed by atoms with Gasteiger partial charge in [-0.05, 0) is 37.5 Å². The highest BCUT2D eigenvalue weighted by Crippen LogP contribution is 2.24. The highest BCUT2D eigenvalue weighted by molar-refractivity contribution is 5.76. The van der Waals surface area contributed by atoms with Gasteiger partial charge in [-0.15, -0.1) is 0 Å². The van der Waals surface area contributed by atoms with Crippen molar-refractivity contribution in [2.24, 2.45) is 0 Å². The van der Waals surface area contributed by atoms with Crippen molar-refractivity contribution in [3.05, 3.63) is 29.3 Å². The minimum absolute atomic E-state index is 0.353. The van der Waals surface area contributed by atoms with Crippen LogP contribution in [0.4, 0.5) is 5.69 Å². The zero-order valence-corrected chi connectivity index (χ0v) is 15.8. The Kier molecular flexibility index (Phi) is 7.61. The Labute approximate surface area is 148 Å². The molecule has 3 heteroatoms. The van der Waals surface area contributed by atoms with Crippen LogP contribution in [0.3, 0.4) is 0 Å². The van der Waals surface area contributed by atoms with Gasteiger partial charge in [-0.1, -0.05) is 51.2 Å². The Morgan fingerprint density at radius 2 is 1.62 bits per heavy atom. The summed E-state index contributed by atoms with van der Waals surface area (Å²) >= 11 is 0. The van der Waals surface area contributed by atoms with E-state index in [0.717, 1.165) is 39.0 Å². The average molecular weight is 331 g/mol. The lowest BCUT2D eigenvalue weighted by Gasteiger charge is -2.37. The van der Waals surface area contributed by atoms with E-state index >= 15 is 0 Å². The van der Waals surface area contributed by atoms with Gasteiger partial charge in [0.25, 0.3) is 0 Å². The Bertz CT molecular complexity index is 519. The first-order chi connectivity index (χ1) is 11.6. The van der Waals surface area contributed by atoms with Gasteiger partial charge < -0.3 is 9.80 Å². The van der Waals surface area contributed by atoms with E-state index in [4.69, 9.17) is 0 Å². The van der Waals surface area contributed by atoms with Crippen LogP contribution < -0.4 is 4.90 Å². The van der Waals surface area contributed by atoms with E-state index in [9.17, 15) is 4.79 Å². The third kappa shape index (κ3) is 5.25. The van der Waals surface area contributed by atoms with Crippen LogP contribution in [0.5, 0.6) is 0 Å². The molecule has 1 fully saturated rings. The standard InChI is InChI=1S/C21H34N2O/c1-4-5-6-7-8-9-13-21(24)23-16-14-22(15-17-23)20-12-10-11-18(2)19(20)3/h10-12H,4-9,13-17H2,1-3H3. The molecule has 2 rings (SSSR count). The first-order valence-electron chi connectivity index (χ1n) is 9.72. The first-order valence-corrected chi connectivity index (χ1v) is 9.72. The van der Waals surface area contributed by atoms with E-state index in [1.807, 2.05) is 0 Å². The molecule has 1 aromatic rings. The minimum Gasteiger partial charge on any atom is -0.368 e. The zero-order valence-electron chi connectivity index (χ0n) is 15.8. The Hall–Kier alpha value is -1.51. The van der Waals surface area contributed by atoms with Crippen molar-refractivity contribution in [1.82, 2.24) is 4.90 Å². The van der Waals surface area contributed by atoms with E-state index in [1.165, 1.54) is 48.9 Å². The Balaban J connectivity index is 1.72. The number of carbonyl (C=O) groups excluding carboxylic acids is 1. The predicted octanol–water partition coefficient (Wildman–Crippen LogP) is 4.70. The summed E-state index contributed by atoms with van der Waals surface area (Å²) in [5.74, 6) is 0.353. The number of piperazine rings is 1. The van der Waals surface area contributed by atoms with Gasteiger partial charge in [0.05, 0.1) is 0 Å². The summed E-state index contributed by atoms with van der Waals surface area (Å²) in [7, 11) is 0. The molecule has 1 aliphatic rings. The lowest BCUT2D eigenvalue weighted by Crippen LogP contribution is -2.49. The van der Waals surface area contributed by atoms with E-state index < -0.39 is 0 Å². The van der Waals surface area contributed by atoms with Gasteiger partial charge in [0, 0.05) is 38.3 Å². The van der Waals surface area contributed by atoms with Crippen molar-refractivity contribution in [3.63, 3.8) is 0 Å². The molecule has 1 saturated heterocycles. The van der Waals surface area contributed by atoms with Gasteiger partial charge in [-0.3, -0.25) is 4.79 Å². The van der Waals surface area contributed by atoms with Gasteiger partial charge in [0.15, 0.2) is 0 Å². The second-order valence-electron chi connectivity index (χ2n) is 7.10. The van der Waals surface area contributed by atoms with E-state index in [-0.39, 0.29) is 0 Å². The molecular formula is C21H34N2O. The Morgan fingerprint density at radius 3 is 2.33 bits per heavy atom. The highest BCUT2D eigenvalue weighted by Gasteiger charge is 2.21. The highest BCUT2D eigenvalue weighted by atomic mass is 16.2. The number of rotatable bonds is 8. The average Bonchev–Trinajstić information content (AvgIpc) is 2.60. The molecule has 0 unspecified atom stereocenters. The van der Waals surface area contributed by atoms with Crippen LogP contribution >= 0.6 is 0 Å². The maximum absolute atomic E-state index is 12.4. The monoisotopic (exact) mass is 330 g/mol. The van der Waals surface area contributed by atoms with Crippen LogP contribution in [0.2, 0.25) is 0 Å². The summed E-state index contributed by atoms with van der Waals surface area (Å²) in [6.45, 7) is 10.2. The van der Waals surface area contributed by atoms with E-state index in [0.29, 0.717) is 5.91 Å². The molecule has 0 N–H and O–H groups in total. The van der Waals surface area contributed by atoms with Gasteiger partial charge in [0.2, 0.25) is 5.91 Å². The maximum atomic E-state index is 12.4. The molecule has 3 nitrogen and oxygen atoms in total. The van der Waals surface area contributed by atoms with E-state index in [2.05, 4.69) is 48.8 Å². The molecule has 1 heterocycles. The van der Waals surface area contributed by atoms with Crippen molar-refractivity contribution >= 4 is 11.6 Å². The molecule has 24 heavy (non-hydrogen) atoms. The van der Waals surface area contributed by atoms with Gasteiger partial charge in [-0.25, -0.2) is 0 Å². The number of aryl methyl sites for hydroxylation is 1. The number of nitrogens with zero attached hydrogens (tertiary/aromatic N) is 2. The van der Waals surface area contributed by atoms with Crippen LogP contribution in [0.15, 0.2) is 18.2 Å². The molecule has 0 bridgehead atoms. The van der Waals surface area contributed by atoms with Crippen LogP contribution in [-0.2, 0) is 4.79 Å². The molecule has 0 spiro atoms. The number of hydrogen-bond donors (Lipinski definition) is 0. The molecule has 1 aliphatic heterocycles. The van der Waals surface area contributed by atoms with Crippen molar-refractivity contribution in [2.75, 3.05) is 31.1 Å². The lowest BCUT2D eigenvalue weighted by molar-refractivity contribution is -0.131. The summed E-state index contributed by atoms with van der Waals surface area (Å²) < 4.78 is 0. The molecule has 0 saturated carbocycles. The molecular weight excluding hydrogens is 296 g/mol. The molecule has 1 aromatic carbocycles. The smallest absolute Gasteiger partial charge is 0.222 e. The molecule has 0 radical (unpaired) electrons. The fourth-order valence-corrected chi connectivity index (χ4v) is 3.49. The number of anilines is 1. The molecule has 1 amide bonds. The van der Waals surface area contributed by atoms with Crippen LogP contribution in [0.25, 0.3) is 0 Å². The number of hydrogen-bond acceptors (Lipinski definition) is 2. The van der Waals surface area contributed by atoms with Crippen molar-refractivity contribution in [1.29, 1.82) is 0 Å². The number of benzene rings is 1. The van der Waals surface area contributed by atoms with Gasteiger partial charge in [0.1, 0.15) is 0 Å². The fraction of sp³-hybridized carbons (Fsp3) is 0.667. The summed E-state index contributed by atoms with van der Waals surface area (Å²) in [5, 5.41) is 0. The maximum Gasteiger partial charge on any atom is 0.222 e. The molecule has 134 valence electrons. The van der Waals surface area contributed by atoms with Crippen molar-refractivity contribution < 1.29 is 4.79 Å². The van der Waals surface area contributed by atoms with Crippen molar-refractivity contribution in [2.45, 2.75) is 65.7 Å². The normalized spacial score (nSPS) is 15.0. The summed E-state index contributed by atoms with van der Waals surface area (Å²) in [6, 6.07) is 6.50. The number of carbonyl (C=O) groups is 1. The summed E-state index contributed by atoms with van der Waals surface area (Å²) in [6.07, 6.45) is 8.20. The third-order valence-electron chi connectivity index (χ3n) is 5.29. The minimum atomic E-state index is 0.353. The summed E-state index contributed by atoms with van der Waals surface area (Å²) in [5.41, 5.74) is 4.04. The third-order valence-corrected chi connectivity index (χ3v) is 5.29. The van der Waals surface area contributed by atoms with Crippen molar-refractivity contribution in [3.8, 4) is 0 Å². The van der Waals surface area contributed by atoms with Crippen LogP contribution in [-0.4, -0.2) is 37.0 Å². The van der Waals surface area contributed by atoms with Crippen LogP contribution in [0.1, 0.15) is 63.0 Å². The van der Waals surface area contributed by atoms with Gasteiger partial charge >= 0.3 is 0 Å². The largest absolute Gasteiger partial charge is 0.368 e. The molecule has 0 aromatic heterocycles. The molecule has 0 aliphatic carbocycles. The molecule has 0 atom stereocenters. The predicted molar refractivity (Wildman–Crippen MR) is 103 cm³/mol. The second kappa shape index (κ2) is 9.71. The number of unbranched alkanes of at least 4 members (excludes halogenated alkanes) is 5. The van der Waals surface area contributed by atoms with E-state index in [1.54, 1.807) is 0 Å². The van der Waals surface area contributed by atoms with Gasteiger partial charge in [-0.2, -0.15) is 0 Å². The van der Waals surface area contributed by atoms with Crippen LogP contribution in [0, 0.1) is 13.8 Å². The topological polar surface area (TPSA) is 23.6 Å².